The van der Waals surface area contributed by atoms with Gasteiger partial charge in [0.1, 0.15) is 0 Å². The summed E-state index contributed by atoms with van der Waals surface area (Å²) >= 11 is 0. The number of aryl methyl sites for hydroxylation is 1. The third-order valence-electron chi connectivity index (χ3n) is 4.72. The molecule has 0 amide bonds. The van der Waals surface area contributed by atoms with Crippen LogP contribution in [0.5, 0.6) is 0 Å². The van der Waals surface area contributed by atoms with E-state index in [1.165, 1.54) is 24.0 Å². The third-order valence-corrected chi connectivity index (χ3v) is 4.72. The Morgan fingerprint density at radius 2 is 2.15 bits per heavy atom. The van der Waals surface area contributed by atoms with E-state index in [2.05, 4.69) is 43.0 Å². The minimum Gasteiger partial charge on any atom is -0.383 e. The maximum absolute atomic E-state index is 6.28. The molecular formula is C17H28N2O. The van der Waals surface area contributed by atoms with Crippen LogP contribution in [-0.2, 0) is 16.7 Å². The van der Waals surface area contributed by atoms with Gasteiger partial charge in [-0.2, -0.15) is 0 Å². The average molecular weight is 276 g/mol. The molecule has 1 aliphatic carbocycles. The molecule has 0 fully saturated rings. The molecule has 0 aliphatic heterocycles. The Balaban J connectivity index is 2.43. The molecule has 0 spiro atoms. The van der Waals surface area contributed by atoms with Crippen LogP contribution in [0.25, 0.3) is 0 Å². The van der Waals surface area contributed by atoms with Crippen molar-refractivity contribution in [2.45, 2.75) is 44.7 Å². The largest absolute Gasteiger partial charge is 0.383 e. The van der Waals surface area contributed by atoms with E-state index in [0.29, 0.717) is 12.6 Å². The Hall–Kier alpha value is -0.900. The van der Waals surface area contributed by atoms with Gasteiger partial charge in [0.25, 0.3) is 0 Å². The van der Waals surface area contributed by atoms with Crippen molar-refractivity contribution >= 4 is 0 Å². The summed E-state index contributed by atoms with van der Waals surface area (Å²) < 4.78 is 5.37. The molecule has 0 radical (unpaired) electrons. The lowest BCUT2D eigenvalue weighted by Gasteiger charge is -2.49. The second-order valence-corrected chi connectivity index (χ2v) is 5.84. The van der Waals surface area contributed by atoms with Crippen LogP contribution in [-0.4, -0.2) is 37.7 Å². The van der Waals surface area contributed by atoms with E-state index in [4.69, 9.17) is 10.5 Å². The maximum atomic E-state index is 6.28. The lowest BCUT2D eigenvalue weighted by atomic mass is 9.74. The smallest absolute Gasteiger partial charge is 0.0615 e. The minimum atomic E-state index is -0.0262. The number of nitrogens with two attached hydrogens (primary N) is 1. The van der Waals surface area contributed by atoms with Gasteiger partial charge in [0.15, 0.2) is 0 Å². The number of rotatable bonds is 6. The van der Waals surface area contributed by atoms with E-state index < -0.39 is 0 Å². The van der Waals surface area contributed by atoms with Crippen LogP contribution in [0.1, 0.15) is 37.8 Å². The molecule has 0 heterocycles. The molecule has 0 saturated heterocycles. The quantitative estimate of drug-likeness (QED) is 0.868. The Labute approximate surface area is 123 Å². The molecule has 1 aromatic carbocycles. The van der Waals surface area contributed by atoms with Gasteiger partial charge < -0.3 is 10.5 Å². The number of nitrogens with zero attached hydrogens (tertiary/aromatic N) is 1. The fraction of sp³-hybridized carbons (Fsp3) is 0.647. The fourth-order valence-corrected chi connectivity index (χ4v) is 3.89. The second-order valence-electron chi connectivity index (χ2n) is 5.84. The zero-order valence-corrected chi connectivity index (χ0v) is 13.1. The van der Waals surface area contributed by atoms with Crippen molar-refractivity contribution < 1.29 is 4.74 Å². The number of hydrogen-bond acceptors (Lipinski definition) is 3. The Kier molecular flexibility index (Phi) is 5.19. The van der Waals surface area contributed by atoms with Crippen molar-refractivity contribution in [1.29, 1.82) is 0 Å². The van der Waals surface area contributed by atoms with Gasteiger partial charge in [-0.1, -0.05) is 31.2 Å². The number of fused-ring (bicyclic) bond motifs is 1. The molecule has 3 nitrogen and oxygen atoms in total. The standard InChI is InChI=1S/C17H28N2O/c1-4-19(14(2)12-20-3)17(13-18)11-7-9-15-8-5-6-10-16(15)17/h5-6,8,10,14H,4,7,9,11-13,18H2,1-3H3. The first-order valence-electron chi connectivity index (χ1n) is 7.73. The predicted octanol–water partition coefficient (Wildman–Crippen LogP) is 2.53. The van der Waals surface area contributed by atoms with Crippen LogP contribution in [0, 0.1) is 0 Å². The number of likely N-dealkylation sites (N-methyl/N-ethyl adjacent to an activating group) is 1. The molecule has 20 heavy (non-hydrogen) atoms. The van der Waals surface area contributed by atoms with E-state index in [1.807, 2.05) is 0 Å². The predicted molar refractivity (Wildman–Crippen MR) is 83.8 cm³/mol. The summed E-state index contributed by atoms with van der Waals surface area (Å²) in [6.07, 6.45) is 3.53. The minimum absolute atomic E-state index is 0.0262. The number of ether oxygens (including phenoxy) is 1. The normalized spacial score (nSPS) is 23.6. The van der Waals surface area contributed by atoms with E-state index in [1.54, 1.807) is 7.11 Å². The highest BCUT2D eigenvalue weighted by Crippen LogP contribution is 2.40. The summed E-state index contributed by atoms with van der Waals surface area (Å²) in [4.78, 5) is 2.54. The van der Waals surface area contributed by atoms with Crippen molar-refractivity contribution in [2.24, 2.45) is 5.73 Å². The SMILES string of the molecule is CCN(C(C)COC)C1(CN)CCCc2ccccc21. The molecule has 0 saturated carbocycles. The van der Waals surface area contributed by atoms with Crippen molar-refractivity contribution in [1.82, 2.24) is 4.90 Å². The molecule has 1 aliphatic rings. The van der Waals surface area contributed by atoms with Gasteiger partial charge in [0, 0.05) is 19.7 Å². The molecule has 2 rings (SSSR count). The lowest BCUT2D eigenvalue weighted by Crippen LogP contribution is -2.57. The van der Waals surface area contributed by atoms with Crippen LogP contribution >= 0.6 is 0 Å². The Bertz CT molecular complexity index is 435. The van der Waals surface area contributed by atoms with Gasteiger partial charge in [0.05, 0.1) is 12.1 Å². The summed E-state index contributed by atoms with van der Waals surface area (Å²) in [5.41, 5.74) is 9.15. The van der Waals surface area contributed by atoms with Crippen LogP contribution in [0.4, 0.5) is 0 Å². The first-order chi connectivity index (χ1) is 9.69. The van der Waals surface area contributed by atoms with Crippen LogP contribution in [0.15, 0.2) is 24.3 Å². The summed E-state index contributed by atoms with van der Waals surface area (Å²) in [6.45, 7) is 6.88. The van der Waals surface area contributed by atoms with E-state index >= 15 is 0 Å². The fourth-order valence-electron chi connectivity index (χ4n) is 3.89. The average Bonchev–Trinajstić information content (AvgIpc) is 2.48. The highest BCUT2D eigenvalue weighted by Gasteiger charge is 2.41. The Morgan fingerprint density at radius 3 is 2.80 bits per heavy atom. The van der Waals surface area contributed by atoms with Crippen LogP contribution < -0.4 is 5.73 Å². The van der Waals surface area contributed by atoms with E-state index in [9.17, 15) is 0 Å². The molecule has 0 aromatic heterocycles. The van der Waals surface area contributed by atoms with E-state index in [-0.39, 0.29) is 5.54 Å². The Morgan fingerprint density at radius 1 is 1.40 bits per heavy atom. The summed E-state index contributed by atoms with van der Waals surface area (Å²) in [5.74, 6) is 0. The van der Waals surface area contributed by atoms with Gasteiger partial charge in [-0.3, -0.25) is 4.90 Å². The van der Waals surface area contributed by atoms with Crippen molar-refractivity contribution in [3.05, 3.63) is 35.4 Å². The third kappa shape index (κ3) is 2.62. The van der Waals surface area contributed by atoms with Gasteiger partial charge in [-0.15, -0.1) is 0 Å². The highest BCUT2D eigenvalue weighted by atomic mass is 16.5. The summed E-state index contributed by atoms with van der Waals surface area (Å²) in [5, 5.41) is 0. The monoisotopic (exact) mass is 276 g/mol. The van der Waals surface area contributed by atoms with Gasteiger partial charge >= 0.3 is 0 Å². The number of hydrogen-bond donors (Lipinski definition) is 1. The topological polar surface area (TPSA) is 38.5 Å². The van der Waals surface area contributed by atoms with E-state index in [0.717, 1.165) is 19.6 Å². The summed E-state index contributed by atoms with van der Waals surface area (Å²) in [7, 11) is 1.77. The first-order valence-corrected chi connectivity index (χ1v) is 7.73. The maximum Gasteiger partial charge on any atom is 0.0615 e. The molecule has 112 valence electrons. The van der Waals surface area contributed by atoms with Gasteiger partial charge in [-0.05, 0) is 43.9 Å². The van der Waals surface area contributed by atoms with Gasteiger partial charge in [0.2, 0.25) is 0 Å². The summed E-state index contributed by atoms with van der Waals surface area (Å²) in [6, 6.07) is 9.18. The van der Waals surface area contributed by atoms with Crippen molar-refractivity contribution in [2.75, 3.05) is 26.8 Å². The van der Waals surface area contributed by atoms with Gasteiger partial charge in [-0.25, -0.2) is 0 Å². The van der Waals surface area contributed by atoms with Crippen LogP contribution in [0.2, 0.25) is 0 Å². The molecule has 0 bridgehead atoms. The molecule has 2 N–H and O–H groups in total. The molecular weight excluding hydrogens is 248 g/mol. The first kappa shape index (κ1) is 15.5. The van der Waals surface area contributed by atoms with Crippen molar-refractivity contribution in [3.63, 3.8) is 0 Å². The zero-order chi connectivity index (χ0) is 14.6. The zero-order valence-electron chi connectivity index (χ0n) is 13.1. The molecule has 1 aromatic rings. The molecule has 2 unspecified atom stereocenters. The van der Waals surface area contributed by atoms with Crippen LogP contribution in [0.3, 0.4) is 0 Å². The highest BCUT2D eigenvalue weighted by molar-refractivity contribution is 5.37. The second kappa shape index (κ2) is 6.70. The van der Waals surface area contributed by atoms with Crippen molar-refractivity contribution in [3.8, 4) is 0 Å². The number of benzene rings is 1. The molecule has 3 heteroatoms. The number of methoxy groups -OCH3 is 1. The molecule has 2 atom stereocenters. The lowest BCUT2D eigenvalue weighted by molar-refractivity contribution is 0.00738.